The van der Waals surface area contributed by atoms with E-state index in [1.807, 2.05) is 36.4 Å². The van der Waals surface area contributed by atoms with Gasteiger partial charge in [-0.3, -0.25) is 14.4 Å². The number of nitrogens with two attached hydrogens (primary N) is 1. The molecule has 2 fully saturated rings. The quantitative estimate of drug-likeness (QED) is 0.156. The Labute approximate surface area is 325 Å². The van der Waals surface area contributed by atoms with E-state index in [1.165, 1.54) is 16.3 Å². The molecule has 0 unspecified atom stereocenters. The Hall–Kier alpha value is -5.65. The van der Waals surface area contributed by atoms with Gasteiger partial charge in [-0.1, -0.05) is 89.0 Å². The maximum atomic E-state index is 14.4. The van der Waals surface area contributed by atoms with Gasteiger partial charge in [-0.05, 0) is 59.2 Å². The fourth-order valence-corrected chi connectivity index (χ4v) is 7.87. The SMILES string of the molecule is C#CCN(C(=O)NCc1ccc(Cl)c(Cl)c1)N1CC(=O)N2[C@@H](Cc3ccc(NC(=O)c4ccccc4)cc3)C(=O)N(Cc3cccc4sc(N)nc34)C[C@@H]21. The van der Waals surface area contributed by atoms with Crippen molar-refractivity contribution >= 4 is 79.3 Å². The van der Waals surface area contributed by atoms with Crippen molar-refractivity contribution in [3.8, 4) is 12.3 Å². The lowest BCUT2D eigenvalue weighted by Gasteiger charge is -2.46. The molecule has 1 aromatic heterocycles. The Kier molecular flexibility index (Phi) is 10.7. The van der Waals surface area contributed by atoms with Gasteiger partial charge in [0.2, 0.25) is 11.8 Å². The van der Waals surface area contributed by atoms with E-state index in [4.69, 9.17) is 35.4 Å². The first-order chi connectivity index (χ1) is 26.1. The second-order valence-corrected chi connectivity index (χ2v) is 14.7. The van der Waals surface area contributed by atoms with Gasteiger partial charge in [-0.15, -0.1) is 6.42 Å². The lowest BCUT2D eigenvalue weighted by atomic mass is 9.99. The highest BCUT2D eigenvalue weighted by atomic mass is 35.5. The number of carbonyl (C=O) groups is 4. The van der Waals surface area contributed by atoms with Crippen LogP contribution in [-0.4, -0.2) is 80.4 Å². The molecule has 2 aliphatic rings. The fourth-order valence-electron chi connectivity index (χ4n) is 6.77. The van der Waals surface area contributed by atoms with Crippen molar-refractivity contribution in [2.75, 3.05) is 30.7 Å². The molecular formula is C39H34Cl2N8O4S. The first-order valence-electron chi connectivity index (χ1n) is 17.0. The van der Waals surface area contributed by atoms with Gasteiger partial charge >= 0.3 is 6.03 Å². The number of thiazole rings is 1. The lowest BCUT2D eigenvalue weighted by Crippen LogP contribution is -2.66. The van der Waals surface area contributed by atoms with Crippen LogP contribution in [0.2, 0.25) is 10.0 Å². The predicted molar refractivity (Wildman–Crippen MR) is 209 cm³/mol. The van der Waals surface area contributed by atoms with Gasteiger partial charge < -0.3 is 26.2 Å². The zero-order chi connectivity index (χ0) is 37.9. The zero-order valence-electron chi connectivity index (χ0n) is 28.7. The van der Waals surface area contributed by atoms with Gasteiger partial charge in [0.25, 0.3) is 5.91 Å². The van der Waals surface area contributed by atoms with Gasteiger partial charge in [-0.2, -0.15) is 5.01 Å². The number of hydrogen-bond acceptors (Lipinski definition) is 8. The van der Waals surface area contributed by atoms with Gasteiger partial charge in [-0.25, -0.2) is 14.8 Å². The second-order valence-electron chi connectivity index (χ2n) is 12.8. The van der Waals surface area contributed by atoms with Crippen molar-refractivity contribution in [3.05, 3.63) is 123 Å². The van der Waals surface area contributed by atoms with E-state index >= 15 is 0 Å². The maximum Gasteiger partial charge on any atom is 0.333 e. The van der Waals surface area contributed by atoms with Crippen LogP contribution in [0.4, 0.5) is 15.6 Å². The summed E-state index contributed by atoms with van der Waals surface area (Å²) in [4.78, 5) is 62.6. The van der Waals surface area contributed by atoms with Crippen LogP contribution >= 0.6 is 34.5 Å². The molecule has 54 heavy (non-hydrogen) atoms. The molecule has 4 N–H and O–H groups in total. The number of nitrogen functional groups attached to an aromatic ring is 1. The third-order valence-electron chi connectivity index (χ3n) is 9.34. The number of nitrogens with zero attached hydrogens (tertiary/aromatic N) is 5. The first kappa shape index (κ1) is 36.7. The molecule has 3 heterocycles. The van der Waals surface area contributed by atoms with Crippen LogP contribution in [0.1, 0.15) is 27.0 Å². The summed E-state index contributed by atoms with van der Waals surface area (Å²) in [5, 5.41) is 9.87. The van der Waals surface area contributed by atoms with E-state index in [-0.39, 0.29) is 56.9 Å². The highest BCUT2D eigenvalue weighted by molar-refractivity contribution is 7.22. The monoisotopic (exact) mass is 780 g/mol. The van der Waals surface area contributed by atoms with Crippen molar-refractivity contribution in [1.29, 1.82) is 0 Å². The molecule has 0 bridgehead atoms. The molecule has 2 saturated heterocycles. The van der Waals surface area contributed by atoms with Crippen molar-refractivity contribution in [3.63, 3.8) is 0 Å². The summed E-state index contributed by atoms with van der Waals surface area (Å²) in [5.41, 5.74) is 10.1. The normalized spacial score (nSPS) is 17.0. The molecule has 5 aromatic rings. The van der Waals surface area contributed by atoms with Crippen LogP contribution in [0, 0.1) is 12.3 Å². The van der Waals surface area contributed by atoms with Crippen LogP contribution in [0.3, 0.4) is 0 Å². The van der Waals surface area contributed by atoms with Crippen molar-refractivity contribution in [2.45, 2.75) is 31.7 Å². The molecule has 7 rings (SSSR count). The Morgan fingerprint density at radius 1 is 0.981 bits per heavy atom. The number of urea groups is 1. The molecule has 2 aliphatic heterocycles. The minimum atomic E-state index is -0.905. The van der Waals surface area contributed by atoms with E-state index < -0.39 is 18.2 Å². The standard InChI is InChI=1S/C39H34Cl2N8O4S/c1-2-17-47(39(53)43-20-25-13-16-29(40)30(41)18-25)48-23-34(50)49-31(19-24-11-14-28(15-12-24)44-36(51)26-7-4-3-5-8-26)37(52)46(22-33(48)49)21-27-9-6-10-32-35(27)45-38(42)54-32/h1,3-16,18,31,33H,17,19-23H2,(H2,42,45)(H,43,53)(H,44,51)/t31-,33+/m0/s1. The summed E-state index contributed by atoms with van der Waals surface area (Å²) < 4.78 is 0.892. The molecule has 0 radical (unpaired) electrons. The van der Waals surface area contributed by atoms with Gasteiger partial charge in [0.05, 0.1) is 39.9 Å². The Morgan fingerprint density at radius 3 is 2.48 bits per heavy atom. The van der Waals surface area contributed by atoms with Crippen LogP contribution in [-0.2, 0) is 29.1 Å². The number of anilines is 2. The number of rotatable bonds is 10. The molecule has 15 heteroatoms. The summed E-state index contributed by atoms with van der Waals surface area (Å²) in [6.07, 6.45) is 5.23. The number of nitrogens with one attached hydrogen (secondary N) is 2. The van der Waals surface area contributed by atoms with Gasteiger partial charge in [0.1, 0.15) is 12.2 Å². The molecule has 0 aliphatic carbocycles. The fraction of sp³-hybridized carbons (Fsp3) is 0.205. The summed E-state index contributed by atoms with van der Waals surface area (Å²) in [6, 6.07) is 25.4. The van der Waals surface area contributed by atoms with E-state index in [9.17, 15) is 19.2 Å². The molecular weight excluding hydrogens is 747 g/mol. The average molecular weight is 782 g/mol. The highest BCUT2D eigenvalue weighted by Crippen LogP contribution is 2.33. The number of carbonyl (C=O) groups excluding carboxylic acids is 4. The van der Waals surface area contributed by atoms with E-state index in [0.717, 1.165) is 21.4 Å². The molecule has 0 saturated carbocycles. The van der Waals surface area contributed by atoms with Gasteiger partial charge in [0, 0.05) is 30.8 Å². The van der Waals surface area contributed by atoms with Crippen LogP contribution in [0.5, 0.6) is 0 Å². The minimum Gasteiger partial charge on any atom is -0.375 e. The third-order valence-corrected chi connectivity index (χ3v) is 10.9. The van der Waals surface area contributed by atoms with Crippen molar-refractivity contribution < 1.29 is 19.2 Å². The minimum absolute atomic E-state index is 0.0999. The number of benzene rings is 4. The van der Waals surface area contributed by atoms with Crippen molar-refractivity contribution in [1.82, 2.24) is 30.1 Å². The van der Waals surface area contributed by atoms with E-state index in [2.05, 4.69) is 21.5 Å². The molecule has 2 atom stereocenters. The van der Waals surface area contributed by atoms with E-state index in [0.29, 0.717) is 31.9 Å². The van der Waals surface area contributed by atoms with E-state index in [1.54, 1.807) is 69.4 Å². The van der Waals surface area contributed by atoms with Gasteiger partial charge in [0.15, 0.2) is 5.13 Å². The average Bonchev–Trinajstić information content (AvgIpc) is 3.72. The zero-order valence-corrected chi connectivity index (χ0v) is 31.1. The molecule has 0 spiro atoms. The van der Waals surface area contributed by atoms with Crippen LogP contribution < -0.4 is 16.4 Å². The number of hydrogen-bond donors (Lipinski definition) is 3. The predicted octanol–water partition coefficient (Wildman–Crippen LogP) is 5.62. The topological polar surface area (TPSA) is 144 Å². The van der Waals surface area contributed by atoms with Crippen LogP contribution in [0.25, 0.3) is 10.2 Å². The second kappa shape index (κ2) is 15.8. The number of amides is 5. The highest BCUT2D eigenvalue weighted by Gasteiger charge is 2.52. The summed E-state index contributed by atoms with van der Waals surface area (Å²) >= 11 is 13.6. The number of para-hydroxylation sites is 1. The number of terminal acetylenes is 1. The lowest BCUT2D eigenvalue weighted by molar-refractivity contribution is -0.157. The van der Waals surface area contributed by atoms with Crippen LogP contribution in [0.15, 0.2) is 91.0 Å². The Balaban J connectivity index is 1.16. The number of hydrazine groups is 1. The number of piperazine rings is 1. The molecule has 4 aromatic carbocycles. The number of fused-ring (bicyclic) bond motifs is 2. The molecule has 274 valence electrons. The summed E-state index contributed by atoms with van der Waals surface area (Å²) in [6.45, 7) is 0.126. The summed E-state index contributed by atoms with van der Waals surface area (Å²) in [7, 11) is 0. The number of aromatic nitrogens is 1. The third kappa shape index (κ3) is 7.69. The smallest absolute Gasteiger partial charge is 0.333 e. The maximum absolute atomic E-state index is 14.4. The van der Waals surface area contributed by atoms with Crippen molar-refractivity contribution in [2.24, 2.45) is 0 Å². The first-order valence-corrected chi connectivity index (χ1v) is 18.6. The molecule has 12 nitrogen and oxygen atoms in total. The largest absolute Gasteiger partial charge is 0.375 e. The number of halogens is 2. The Morgan fingerprint density at radius 2 is 1.74 bits per heavy atom. The molecule has 5 amide bonds. The summed E-state index contributed by atoms with van der Waals surface area (Å²) in [5.74, 6) is 1.72. The Bertz CT molecular complexity index is 2280.